The molecule has 0 spiro atoms. The molecule has 1 saturated heterocycles. The average Bonchev–Trinajstić information content (AvgIpc) is 3.07. The largest absolute Gasteiger partial charge is 0.353 e. The minimum Gasteiger partial charge on any atom is -0.353 e. The van der Waals surface area contributed by atoms with Crippen LogP contribution >= 0.6 is 0 Å². The highest BCUT2D eigenvalue weighted by Gasteiger charge is 2.62. The zero-order valence-electron chi connectivity index (χ0n) is 19.0. The number of Topliss-reactive ketones (excluding diaryl/α,β-unsaturated/α-hetero) is 1. The number of rotatable bonds is 3. The van der Waals surface area contributed by atoms with Crippen LogP contribution in [0.3, 0.4) is 0 Å². The van der Waals surface area contributed by atoms with E-state index in [4.69, 9.17) is 9.47 Å². The molecule has 0 aromatic carbocycles. The van der Waals surface area contributed by atoms with Crippen LogP contribution in [0.15, 0.2) is 11.6 Å². The van der Waals surface area contributed by atoms with Crippen molar-refractivity contribution < 1.29 is 19.1 Å². The van der Waals surface area contributed by atoms with Gasteiger partial charge in [0.25, 0.3) is 0 Å². The second kappa shape index (κ2) is 7.55. The van der Waals surface area contributed by atoms with Gasteiger partial charge < -0.3 is 9.47 Å². The first kappa shape index (κ1) is 20.9. The summed E-state index contributed by atoms with van der Waals surface area (Å²) in [5, 5.41) is 0. The number of carbonyl (C=O) groups is 2. The monoisotopic (exact) mass is 414 g/mol. The Kier molecular flexibility index (Phi) is 5.25. The van der Waals surface area contributed by atoms with Crippen LogP contribution in [0.1, 0.15) is 85.0 Å². The lowest BCUT2D eigenvalue weighted by Gasteiger charge is -2.60. The van der Waals surface area contributed by atoms with E-state index < -0.39 is 0 Å². The van der Waals surface area contributed by atoms with E-state index in [0.29, 0.717) is 30.0 Å². The van der Waals surface area contributed by atoms with Gasteiger partial charge in [-0.05, 0) is 99.4 Å². The summed E-state index contributed by atoms with van der Waals surface area (Å²) >= 11 is 0. The van der Waals surface area contributed by atoms with Gasteiger partial charge in [-0.15, -0.1) is 0 Å². The molecule has 0 N–H and O–H groups in total. The molecule has 166 valence electrons. The SMILES string of the molecule is CC(=O)C1CCC2C3C(CC[C@]12C)[C@@]1(C)CCC(=O)C=C1C[C@@H]3OC1CCCCO1. The molecule has 1 heterocycles. The fraction of sp³-hybridized carbons (Fsp3) is 0.846. The number of hydrogen-bond acceptors (Lipinski definition) is 4. The third-order valence-electron chi connectivity index (χ3n) is 9.92. The molecule has 1 aliphatic heterocycles. The highest BCUT2D eigenvalue weighted by atomic mass is 16.7. The van der Waals surface area contributed by atoms with Gasteiger partial charge in [0.1, 0.15) is 5.78 Å². The Morgan fingerprint density at radius 1 is 1.10 bits per heavy atom. The van der Waals surface area contributed by atoms with Crippen LogP contribution < -0.4 is 0 Å². The Balaban J connectivity index is 1.51. The molecule has 30 heavy (non-hydrogen) atoms. The Labute approximate surface area is 181 Å². The predicted octanol–water partition coefficient (Wildman–Crippen LogP) is 5.25. The first-order valence-corrected chi connectivity index (χ1v) is 12.3. The molecule has 0 bridgehead atoms. The van der Waals surface area contributed by atoms with Gasteiger partial charge in [0, 0.05) is 18.9 Å². The maximum absolute atomic E-state index is 12.5. The standard InChI is InChI=1S/C26H38O4/c1-16(27)19-7-8-20-24-21(10-12-26(19,20)3)25(2)11-9-18(28)14-17(25)15-22(24)30-23-6-4-5-13-29-23/h14,19-24H,4-13,15H2,1-3H3/t19?,20?,21?,22-,23?,24?,25-,26+/m0/s1. The molecule has 0 aromatic heterocycles. The van der Waals surface area contributed by atoms with Crippen molar-refractivity contribution in [3.05, 3.63) is 11.6 Å². The lowest BCUT2D eigenvalue weighted by molar-refractivity contribution is -0.227. The summed E-state index contributed by atoms with van der Waals surface area (Å²) in [7, 11) is 0. The van der Waals surface area contributed by atoms with Gasteiger partial charge in [-0.25, -0.2) is 0 Å². The van der Waals surface area contributed by atoms with Crippen LogP contribution in [0.25, 0.3) is 0 Å². The van der Waals surface area contributed by atoms with Gasteiger partial charge in [-0.3, -0.25) is 9.59 Å². The van der Waals surface area contributed by atoms with Crippen LogP contribution in [-0.2, 0) is 19.1 Å². The van der Waals surface area contributed by atoms with Gasteiger partial charge in [0.05, 0.1) is 6.10 Å². The van der Waals surface area contributed by atoms with E-state index in [-0.39, 0.29) is 34.9 Å². The van der Waals surface area contributed by atoms with Crippen molar-refractivity contribution in [3.63, 3.8) is 0 Å². The number of ether oxygens (including phenoxy) is 2. The quantitative estimate of drug-likeness (QED) is 0.633. The van der Waals surface area contributed by atoms with Gasteiger partial charge in [-0.1, -0.05) is 19.4 Å². The fourth-order valence-electron chi connectivity index (χ4n) is 8.32. The van der Waals surface area contributed by atoms with Crippen LogP contribution in [0, 0.1) is 34.5 Å². The van der Waals surface area contributed by atoms with E-state index in [2.05, 4.69) is 13.8 Å². The molecule has 5 rings (SSSR count). The van der Waals surface area contributed by atoms with Crippen molar-refractivity contribution in [1.82, 2.24) is 0 Å². The summed E-state index contributed by atoms with van der Waals surface area (Å²) in [4.78, 5) is 24.8. The Hall–Kier alpha value is -1.00. The number of hydrogen-bond donors (Lipinski definition) is 0. The van der Waals surface area contributed by atoms with Crippen LogP contribution in [0.2, 0.25) is 0 Å². The number of ketones is 2. The Morgan fingerprint density at radius 3 is 2.67 bits per heavy atom. The molecule has 0 radical (unpaired) electrons. The van der Waals surface area contributed by atoms with Gasteiger partial charge in [-0.2, -0.15) is 0 Å². The van der Waals surface area contributed by atoms with Gasteiger partial charge in [0.2, 0.25) is 0 Å². The first-order valence-electron chi connectivity index (χ1n) is 12.3. The lowest BCUT2D eigenvalue weighted by atomic mass is 9.46. The highest BCUT2D eigenvalue weighted by molar-refractivity contribution is 5.91. The highest BCUT2D eigenvalue weighted by Crippen LogP contribution is 2.67. The Bertz CT molecular complexity index is 750. The zero-order chi connectivity index (χ0) is 21.1. The van der Waals surface area contributed by atoms with Gasteiger partial charge >= 0.3 is 0 Å². The van der Waals surface area contributed by atoms with E-state index in [1.165, 1.54) is 5.57 Å². The first-order chi connectivity index (χ1) is 14.3. The molecule has 8 atom stereocenters. The second-order valence-corrected chi connectivity index (χ2v) is 11.3. The minimum absolute atomic E-state index is 0.101. The van der Waals surface area contributed by atoms with Crippen LogP contribution in [0.4, 0.5) is 0 Å². The molecule has 4 aliphatic carbocycles. The molecule has 3 saturated carbocycles. The molecule has 5 unspecified atom stereocenters. The summed E-state index contributed by atoms with van der Waals surface area (Å²) in [6.45, 7) is 7.39. The van der Waals surface area contributed by atoms with Crippen LogP contribution in [-0.4, -0.2) is 30.6 Å². The van der Waals surface area contributed by atoms with E-state index in [0.717, 1.165) is 64.4 Å². The lowest BCUT2D eigenvalue weighted by Crippen LogP contribution is -2.57. The molecular weight excluding hydrogens is 376 g/mol. The van der Waals surface area contributed by atoms with E-state index in [1.807, 2.05) is 6.08 Å². The van der Waals surface area contributed by atoms with E-state index in [1.54, 1.807) is 6.92 Å². The summed E-state index contributed by atoms with van der Waals surface area (Å²) in [5.74, 6) is 2.41. The van der Waals surface area contributed by atoms with Crippen molar-refractivity contribution >= 4 is 11.6 Å². The Morgan fingerprint density at radius 2 is 1.93 bits per heavy atom. The van der Waals surface area contributed by atoms with Crippen LogP contribution in [0.5, 0.6) is 0 Å². The van der Waals surface area contributed by atoms with Gasteiger partial charge in [0.15, 0.2) is 12.1 Å². The van der Waals surface area contributed by atoms with Crippen molar-refractivity contribution in [1.29, 1.82) is 0 Å². The summed E-state index contributed by atoms with van der Waals surface area (Å²) in [6, 6.07) is 0. The smallest absolute Gasteiger partial charge is 0.157 e. The minimum atomic E-state index is -0.105. The predicted molar refractivity (Wildman–Crippen MR) is 115 cm³/mol. The second-order valence-electron chi connectivity index (χ2n) is 11.3. The zero-order valence-corrected chi connectivity index (χ0v) is 19.0. The number of carbonyl (C=O) groups excluding carboxylic acids is 2. The molecule has 5 aliphatic rings. The topological polar surface area (TPSA) is 52.6 Å². The molecule has 0 amide bonds. The third kappa shape index (κ3) is 3.16. The molecule has 0 aromatic rings. The van der Waals surface area contributed by atoms with E-state index in [9.17, 15) is 9.59 Å². The number of fused-ring (bicyclic) bond motifs is 5. The average molecular weight is 415 g/mol. The summed E-state index contributed by atoms with van der Waals surface area (Å²) < 4.78 is 12.7. The molecule has 4 fully saturated rings. The third-order valence-corrected chi connectivity index (χ3v) is 9.92. The summed E-state index contributed by atoms with van der Waals surface area (Å²) in [6.07, 6.45) is 12.2. The van der Waals surface area contributed by atoms with E-state index >= 15 is 0 Å². The maximum atomic E-state index is 12.5. The molecule has 4 heteroatoms. The maximum Gasteiger partial charge on any atom is 0.157 e. The fourth-order valence-corrected chi connectivity index (χ4v) is 8.32. The molecular formula is C26H38O4. The molecule has 4 nitrogen and oxygen atoms in total. The normalized spacial score (nSPS) is 48.4. The van der Waals surface area contributed by atoms with Crippen molar-refractivity contribution in [3.8, 4) is 0 Å². The van der Waals surface area contributed by atoms with Crippen molar-refractivity contribution in [2.45, 2.75) is 97.4 Å². The van der Waals surface area contributed by atoms with Crippen molar-refractivity contribution in [2.75, 3.05) is 6.61 Å². The summed E-state index contributed by atoms with van der Waals surface area (Å²) in [5.41, 5.74) is 1.54. The van der Waals surface area contributed by atoms with Crippen molar-refractivity contribution in [2.24, 2.45) is 34.5 Å².